The molecule has 6 heteroatoms. The second-order valence-corrected chi connectivity index (χ2v) is 4.84. The van der Waals surface area contributed by atoms with Crippen molar-refractivity contribution in [3.8, 4) is 0 Å². The van der Waals surface area contributed by atoms with E-state index in [2.05, 4.69) is 15.6 Å². The molecule has 1 rings (SSSR count). The van der Waals surface area contributed by atoms with Crippen molar-refractivity contribution >= 4 is 5.96 Å². The lowest BCUT2D eigenvalue weighted by molar-refractivity contribution is 0.0168. The van der Waals surface area contributed by atoms with Crippen LogP contribution in [-0.4, -0.2) is 65.7 Å². The number of hydrogen-bond acceptors (Lipinski definition) is 4. The zero-order chi connectivity index (χ0) is 14.5. The number of hydrogen-bond donors (Lipinski definition) is 2. The molecule has 20 heavy (non-hydrogen) atoms. The molecule has 1 atom stereocenters. The highest BCUT2D eigenvalue weighted by Gasteiger charge is 2.14. The Morgan fingerprint density at radius 1 is 1.25 bits per heavy atom. The molecular formula is C14H29N3O3. The Balaban J connectivity index is 1.90. The van der Waals surface area contributed by atoms with Crippen molar-refractivity contribution < 1.29 is 14.2 Å². The van der Waals surface area contributed by atoms with Gasteiger partial charge in [0.1, 0.15) is 0 Å². The lowest BCUT2D eigenvalue weighted by Crippen LogP contribution is -2.38. The minimum atomic E-state index is 0.318. The molecule has 1 unspecified atom stereocenters. The summed E-state index contributed by atoms with van der Waals surface area (Å²) in [5.74, 6) is 0.834. The van der Waals surface area contributed by atoms with Gasteiger partial charge in [-0.25, -0.2) is 0 Å². The van der Waals surface area contributed by atoms with Gasteiger partial charge in [-0.15, -0.1) is 0 Å². The van der Waals surface area contributed by atoms with Crippen molar-refractivity contribution in [3.05, 3.63) is 0 Å². The van der Waals surface area contributed by atoms with E-state index in [9.17, 15) is 0 Å². The van der Waals surface area contributed by atoms with Crippen LogP contribution in [0.2, 0.25) is 0 Å². The second-order valence-electron chi connectivity index (χ2n) is 4.84. The highest BCUT2D eigenvalue weighted by Crippen LogP contribution is 2.11. The molecule has 1 saturated heterocycles. The Morgan fingerprint density at radius 3 is 2.60 bits per heavy atom. The van der Waals surface area contributed by atoms with Crippen LogP contribution in [0.5, 0.6) is 0 Å². The Morgan fingerprint density at radius 2 is 2.00 bits per heavy atom. The molecule has 0 aromatic carbocycles. The molecule has 0 spiro atoms. The van der Waals surface area contributed by atoms with E-state index in [-0.39, 0.29) is 0 Å². The number of nitrogens with one attached hydrogen (secondary N) is 2. The van der Waals surface area contributed by atoms with Crippen molar-refractivity contribution in [1.29, 1.82) is 0 Å². The number of nitrogens with zero attached hydrogens (tertiary/aromatic N) is 1. The predicted molar refractivity (Wildman–Crippen MR) is 80.3 cm³/mol. The fraction of sp³-hybridized carbons (Fsp3) is 0.929. The molecule has 0 aromatic heterocycles. The molecule has 1 aliphatic rings. The summed E-state index contributed by atoms with van der Waals surface area (Å²) in [4.78, 5) is 4.16. The highest BCUT2D eigenvalue weighted by atomic mass is 16.5. The summed E-state index contributed by atoms with van der Waals surface area (Å²) in [7, 11) is 3.49. The standard InChI is InChI=1S/C14H29N3O3/c1-15-14(16-7-4-9-18-2)17-8-5-10-19-12-13-6-3-11-20-13/h13H,3-12H2,1-2H3,(H2,15,16,17). The van der Waals surface area contributed by atoms with Crippen LogP contribution in [0.15, 0.2) is 4.99 Å². The van der Waals surface area contributed by atoms with Gasteiger partial charge in [-0.1, -0.05) is 0 Å². The molecule has 0 bridgehead atoms. The van der Waals surface area contributed by atoms with E-state index >= 15 is 0 Å². The summed E-state index contributed by atoms with van der Waals surface area (Å²) in [6, 6.07) is 0. The fourth-order valence-corrected chi connectivity index (χ4v) is 2.02. The Hall–Kier alpha value is -0.850. The van der Waals surface area contributed by atoms with E-state index in [0.29, 0.717) is 6.10 Å². The van der Waals surface area contributed by atoms with Gasteiger partial charge in [0.2, 0.25) is 0 Å². The lowest BCUT2D eigenvalue weighted by atomic mass is 10.2. The predicted octanol–water partition coefficient (Wildman–Crippen LogP) is 0.774. The summed E-state index contributed by atoms with van der Waals surface area (Å²) in [6.07, 6.45) is 4.56. The lowest BCUT2D eigenvalue weighted by Gasteiger charge is -2.12. The molecular weight excluding hydrogens is 258 g/mol. The molecule has 1 fully saturated rings. The number of ether oxygens (including phenoxy) is 3. The summed E-state index contributed by atoms with van der Waals surface area (Å²) in [5.41, 5.74) is 0. The van der Waals surface area contributed by atoms with E-state index in [4.69, 9.17) is 14.2 Å². The van der Waals surface area contributed by atoms with E-state index < -0.39 is 0 Å². The van der Waals surface area contributed by atoms with E-state index in [1.807, 2.05) is 0 Å². The highest BCUT2D eigenvalue weighted by molar-refractivity contribution is 5.79. The maximum Gasteiger partial charge on any atom is 0.190 e. The van der Waals surface area contributed by atoms with Gasteiger partial charge in [-0.2, -0.15) is 0 Å². The average Bonchev–Trinajstić information content (AvgIpc) is 2.98. The zero-order valence-electron chi connectivity index (χ0n) is 12.8. The van der Waals surface area contributed by atoms with Crippen LogP contribution in [0.3, 0.4) is 0 Å². The van der Waals surface area contributed by atoms with Crippen LogP contribution in [0.4, 0.5) is 0 Å². The van der Waals surface area contributed by atoms with Crippen molar-refractivity contribution in [2.24, 2.45) is 4.99 Å². The van der Waals surface area contributed by atoms with Gasteiger partial charge in [-0.3, -0.25) is 4.99 Å². The maximum absolute atomic E-state index is 5.60. The van der Waals surface area contributed by atoms with E-state index in [1.165, 1.54) is 6.42 Å². The van der Waals surface area contributed by atoms with Gasteiger partial charge in [-0.05, 0) is 25.7 Å². The van der Waals surface area contributed by atoms with Crippen molar-refractivity contribution in [2.75, 3.05) is 53.7 Å². The summed E-state index contributed by atoms with van der Waals surface area (Å²) < 4.78 is 16.1. The number of methoxy groups -OCH3 is 1. The Bertz CT molecular complexity index is 256. The minimum Gasteiger partial charge on any atom is -0.385 e. The van der Waals surface area contributed by atoms with Gasteiger partial charge in [0, 0.05) is 47.1 Å². The first-order valence-electron chi connectivity index (χ1n) is 7.49. The SMILES string of the molecule is CN=C(NCCCOC)NCCCOCC1CCCO1. The van der Waals surface area contributed by atoms with Gasteiger partial charge in [0.05, 0.1) is 12.7 Å². The summed E-state index contributed by atoms with van der Waals surface area (Å²) >= 11 is 0. The van der Waals surface area contributed by atoms with E-state index in [0.717, 1.165) is 64.7 Å². The molecule has 1 heterocycles. The van der Waals surface area contributed by atoms with Gasteiger partial charge < -0.3 is 24.8 Å². The monoisotopic (exact) mass is 287 g/mol. The Kier molecular flexibility index (Phi) is 10.3. The third kappa shape index (κ3) is 8.35. The van der Waals surface area contributed by atoms with Crippen LogP contribution in [0.25, 0.3) is 0 Å². The first-order valence-corrected chi connectivity index (χ1v) is 7.49. The topological polar surface area (TPSA) is 64.1 Å². The fourth-order valence-electron chi connectivity index (χ4n) is 2.02. The molecule has 1 aliphatic heterocycles. The zero-order valence-corrected chi connectivity index (χ0v) is 12.8. The number of rotatable bonds is 10. The maximum atomic E-state index is 5.60. The largest absolute Gasteiger partial charge is 0.385 e. The third-order valence-corrected chi connectivity index (χ3v) is 3.13. The molecule has 0 saturated carbocycles. The average molecular weight is 287 g/mol. The molecule has 0 aliphatic carbocycles. The molecule has 118 valence electrons. The molecule has 0 aromatic rings. The van der Waals surface area contributed by atoms with Gasteiger partial charge in [0.25, 0.3) is 0 Å². The summed E-state index contributed by atoms with van der Waals surface area (Å²) in [5, 5.41) is 6.50. The van der Waals surface area contributed by atoms with Gasteiger partial charge >= 0.3 is 0 Å². The van der Waals surface area contributed by atoms with Crippen LogP contribution >= 0.6 is 0 Å². The molecule has 0 amide bonds. The van der Waals surface area contributed by atoms with Crippen LogP contribution in [0.1, 0.15) is 25.7 Å². The van der Waals surface area contributed by atoms with Crippen LogP contribution in [0, 0.1) is 0 Å². The third-order valence-electron chi connectivity index (χ3n) is 3.13. The Labute approximate surface area is 122 Å². The molecule has 2 N–H and O–H groups in total. The van der Waals surface area contributed by atoms with Crippen LogP contribution in [-0.2, 0) is 14.2 Å². The smallest absolute Gasteiger partial charge is 0.190 e. The molecule has 6 nitrogen and oxygen atoms in total. The van der Waals surface area contributed by atoms with Crippen molar-refractivity contribution in [2.45, 2.75) is 31.8 Å². The van der Waals surface area contributed by atoms with Crippen molar-refractivity contribution in [1.82, 2.24) is 10.6 Å². The first-order chi connectivity index (χ1) is 9.86. The summed E-state index contributed by atoms with van der Waals surface area (Å²) in [6.45, 7) is 4.86. The second kappa shape index (κ2) is 11.9. The number of aliphatic imine (C=N–C) groups is 1. The quantitative estimate of drug-likeness (QED) is 0.353. The normalized spacial score (nSPS) is 19.3. The number of guanidine groups is 1. The van der Waals surface area contributed by atoms with Gasteiger partial charge in [0.15, 0.2) is 5.96 Å². The first kappa shape index (κ1) is 17.2. The molecule has 0 radical (unpaired) electrons. The van der Waals surface area contributed by atoms with E-state index in [1.54, 1.807) is 14.2 Å². The van der Waals surface area contributed by atoms with Crippen molar-refractivity contribution in [3.63, 3.8) is 0 Å². The minimum absolute atomic E-state index is 0.318. The van der Waals surface area contributed by atoms with Crippen LogP contribution < -0.4 is 10.6 Å².